The highest BCUT2D eigenvalue weighted by atomic mass is 80.0. The second kappa shape index (κ2) is 5.32. The molecule has 0 aliphatic carbocycles. The molecule has 0 atom stereocenters. The van der Waals surface area contributed by atoms with Crippen LogP contribution < -0.4 is 0 Å². The van der Waals surface area contributed by atoms with Crippen molar-refractivity contribution in [3.8, 4) is 0 Å². The molecular weight excluding hydrogens is 344 g/mol. The van der Waals surface area contributed by atoms with Gasteiger partial charge in [0, 0.05) is 0 Å². The van der Waals surface area contributed by atoms with Crippen molar-refractivity contribution in [1.82, 2.24) is 0 Å². The van der Waals surface area contributed by atoms with Crippen LogP contribution in [-0.2, 0) is 9.53 Å². The fourth-order valence-corrected chi connectivity index (χ4v) is 0.660. The highest BCUT2D eigenvalue weighted by Crippen LogP contribution is 2.34. The number of halogens is 3. The highest BCUT2D eigenvalue weighted by molar-refractivity contribution is 9.40. The fourth-order valence-electron chi connectivity index (χ4n) is 0.317. The number of carbonyl (C=O) groups excluding carboxylic acids is 1. The van der Waals surface area contributed by atoms with Crippen molar-refractivity contribution < 1.29 is 9.53 Å². The molecule has 64 valence electrons. The molecule has 0 aliphatic rings. The molecule has 2 nitrogen and oxygen atoms in total. The van der Waals surface area contributed by atoms with Gasteiger partial charge in [0.2, 0.25) is 2.14 Å². The lowest BCUT2D eigenvalue weighted by atomic mass is 10.5. The fraction of sp³-hybridized carbons (Fsp3) is 0.500. The molecule has 0 amide bonds. The molecule has 0 N–H and O–H groups in total. The molecule has 0 spiro atoms. The maximum atomic E-state index is 10.9. The number of ether oxygens (including phenoxy) is 1. The Morgan fingerprint density at radius 3 is 2.45 bits per heavy atom. The summed E-state index contributed by atoms with van der Waals surface area (Å²) < 4.78 is 3.85. The Labute approximate surface area is 90.8 Å². The standard InChI is InChI=1S/C6H7Br3O2/c1-2-3-4-11-5(10)6(7,8)9/h2H,1,3-4H2. The summed E-state index contributed by atoms with van der Waals surface area (Å²) in [5.41, 5.74) is 0. The van der Waals surface area contributed by atoms with Crippen LogP contribution in [0.3, 0.4) is 0 Å². The van der Waals surface area contributed by atoms with Crippen molar-refractivity contribution in [2.45, 2.75) is 8.56 Å². The van der Waals surface area contributed by atoms with Gasteiger partial charge in [-0.05, 0) is 54.2 Å². The summed E-state index contributed by atoms with van der Waals surface area (Å²) in [6, 6.07) is 0. The van der Waals surface area contributed by atoms with E-state index in [1.807, 2.05) is 0 Å². The molecule has 0 aromatic carbocycles. The van der Waals surface area contributed by atoms with Gasteiger partial charge in [-0.15, -0.1) is 6.58 Å². The van der Waals surface area contributed by atoms with Crippen molar-refractivity contribution in [2.24, 2.45) is 0 Å². The van der Waals surface area contributed by atoms with Crippen LogP contribution in [0.2, 0.25) is 0 Å². The first-order valence-electron chi connectivity index (χ1n) is 2.83. The molecule has 0 aromatic heterocycles. The zero-order valence-electron chi connectivity index (χ0n) is 5.65. The molecule has 0 unspecified atom stereocenters. The molecule has 11 heavy (non-hydrogen) atoms. The summed E-state index contributed by atoms with van der Waals surface area (Å²) in [6.07, 6.45) is 2.35. The predicted octanol–water partition coefficient (Wildman–Crippen LogP) is 2.94. The van der Waals surface area contributed by atoms with E-state index in [1.54, 1.807) is 6.08 Å². The van der Waals surface area contributed by atoms with Gasteiger partial charge in [-0.2, -0.15) is 0 Å². The van der Waals surface area contributed by atoms with Gasteiger partial charge in [0.1, 0.15) is 0 Å². The Hall–Kier alpha value is 0.650. The number of esters is 1. The summed E-state index contributed by atoms with van der Waals surface area (Å²) >= 11 is 9.09. The highest BCUT2D eigenvalue weighted by Gasteiger charge is 2.30. The number of hydrogen-bond donors (Lipinski definition) is 0. The molecule has 0 fully saturated rings. The summed E-state index contributed by atoms with van der Waals surface area (Å²) in [4.78, 5) is 10.9. The zero-order valence-corrected chi connectivity index (χ0v) is 10.4. The molecule has 0 saturated heterocycles. The van der Waals surface area contributed by atoms with Crippen LogP contribution in [0.25, 0.3) is 0 Å². The molecular formula is C6H7Br3O2. The lowest BCUT2D eigenvalue weighted by Gasteiger charge is -2.10. The first kappa shape index (κ1) is 11.6. The normalized spacial score (nSPS) is 10.8. The maximum absolute atomic E-state index is 10.9. The lowest BCUT2D eigenvalue weighted by molar-refractivity contribution is -0.141. The van der Waals surface area contributed by atoms with Gasteiger partial charge in [-0.3, -0.25) is 0 Å². The van der Waals surface area contributed by atoms with Crippen LogP contribution in [0, 0.1) is 0 Å². The first-order chi connectivity index (χ1) is 4.98. The molecule has 0 radical (unpaired) electrons. The summed E-state index contributed by atoms with van der Waals surface area (Å²) in [5.74, 6) is -0.403. The molecule has 0 saturated carbocycles. The van der Waals surface area contributed by atoms with Crippen LogP contribution in [0.5, 0.6) is 0 Å². The predicted molar refractivity (Wildman–Crippen MR) is 55.3 cm³/mol. The quantitative estimate of drug-likeness (QED) is 0.338. The van der Waals surface area contributed by atoms with E-state index in [2.05, 4.69) is 54.4 Å². The van der Waals surface area contributed by atoms with E-state index < -0.39 is 8.11 Å². The molecule has 0 bridgehead atoms. The van der Waals surface area contributed by atoms with Crippen LogP contribution in [0.15, 0.2) is 12.7 Å². The van der Waals surface area contributed by atoms with Gasteiger partial charge in [0.05, 0.1) is 6.61 Å². The van der Waals surface area contributed by atoms with Gasteiger partial charge in [0.15, 0.2) is 0 Å². The van der Waals surface area contributed by atoms with Gasteiger partial charge in [-0.25, -0.2) is 4.79 Å². The summed E-state index contributed by atoms with van der Waals surface area (Å²) in [5, 5.41) is 0. The van der Waals surface area contributed by atoms with Gasteiger partial charge in [0.25, 0.3) is 0 Å². The number of rotatable bonds is 3. The minimum Gasteiger partial charge on any atom is -0.463 e. The van der Waals surface area contributed by atoms with Crippen LogP contribution in [0.4, 0.5) is 0 Å². The van der Waals surface area contributed by atoms with Crippen LogP contribution in [-0.4, -0.2) is 14.7 Å². The van der Waals surface area contributed by atoms with E-state index in [1.165, 1.54) is 0 Å². The molecule has 0 aromatic rings. The molecule has 0 aliphatic heterocycles. The van der Waals surface area contributed by atoms with Gasteiger partial charge < -0.3 is 4.74 Å². The Kier molecular flexibility index (Phi) is 5.64. The number of carbonyl (C=O) groups is 1. The minimum absolute atomic E-state index is 0.354. The van der Waals surface area contributed by atoms with E-state index in [9.17, 15) is 4.79 Å². The van der Waals surface area contributed by atoms with Gasteiger partial charge in [-0.1, -0.05) is 6.08 Å². The van der Waals surface area contributed by atoms with Crippen molar-refractivity contribution in [2.75, 3.05) is 6.61 Å². The number of alkyl halides is 3. The van der Waals surface area contributed by atoms with E-state index in [0.717, 1.165) is 0 Å². The van der Waals surface area contributed by atoms with Gasteiger partial charge >= 0.3 is 5.97 Å². The second-order valence-electron chi connectivity index (χ2n) is 1.71. The zero-order chi connectivity index (χ0) is 8.91. The minimum atomic E-state index is -0.950. The third kappa shape index (κ3) is 5.87. The van der Waals surface area contributed by atoms with E-state index in [0.29, 0.717) is 13.0 Å². The first-order valence-corrected chi connectivity index (χ1v) is 5.21. The topological polar surface area (TPSA) is 26.3 Å². The van der Waals surface area contributed by atoms with Crippen molar-refractivity contribution in [3.63, 3.8) is 0 Å². The Bertz CT molecular complexity index is 150. The van der Waals surface area contributed by atoms with E-state index in [4.69, 9.17) is 4.74 Å². The lowest BCUT2D eigenvalue weighted by Crippen LogP contribution is -2.20. The second-order valence-corrected chi connectivity index (χ2v) is 8.47. The number of hydrogen-bond acceptors (Lipinski definition) is 2. The SMILES string of the molecule is C=CCCOC(=O)C(Br)(Br)Br. The van der Waals surface area contributed by atoms with Crippen molar-refractivity contribution in [3.05, 3.63) is 12.7 Å². The Morgan fingerprint density at radius 1 is 1.55 bits per heavy atom. The maximum Gasteiger partial charge on any atom is 0.344 e. The Morgan fingerprint density at radius 2 is 2.09 bits per heavy atom. The third-order valence-corrected chi connectivity index (χ3v) is 1.76. The van der Waals surface area contributed by atoms with Crippen LogP contribution >= 0.6 is 47.8 Å². The Balaban J connectivity index is 3.62. The summed E-state index contributed by atoms with van der Waals surface area (Å²) in [7, 11) is 0. The van der Waals surface area contributed by atoms with Crippen molar-refractivity contribution in [1.29, 1.82) is 0 Å². The summed E-state index contributed by atoms with van der Waals surface area (Å²) in [6.45, 7) is 3.85. The average molecular weight is 351 g/mol. The van der Waals surface area contributed by atoms with E-state index in [-0.39, 0.29) is 0 Å². The van der Waals surface area contributed by atoms with Crippen molar-refractivity contribution >= 4 is 53.8 Å². The monoisotopic (exact) mass is 348 g/mol. The molecule has 0 rings (SSSR count). The molecule has 5 heteroatoms. The molecule has 0 heterocycles. The smallest absolute Gasteiger partial charge is 0.344 e. The van der Waals surface area contributed by atoms with E-state index >= 15 is 0 Å². The average Bonchev–Trinajstić information content (AvgIpc) is 1.86. The van der Waals surface area contributed by atoms with Crippen LogP contribution in [0.1, 0.15) is 6.42 Å². The third-order valence-electron chi connectivity index (χ3n) is 0.787. The largest absolute Gasteiger partial charge is 0.463 e.